The predicted molar refractivity (Wildman–Crippen MR) is 113 cm³/mol. The SMILES string of the molecule is C=CC(=O)Nc1cc(-c2cccc(C(=O)NC3CCN(C)CC3)n2)ccc1OC. The molecule has 0 spiro atoms. The average molecular weight is 394 g/mol. The summed E-state index contributed by atoms with van der Waals surface area (Å²) < 4.78 is 5.30. The third kappa shape index (κ3) is 5.20. The van der Waals surface area contributed by atoms with Gasteiger partial charge in [0, 0.05) is 11.6 Å². The first-order valence-electron chi connectivity index (χ1n) is 9.58. The fourth-order valence-electron chi connectivity index (χ4n) is 3.28. The van der Waals surface area contributed by atoms with Crippen LogP contribution in [-0.4, -0.2) is 55.0 Å². The lowest BCUT2D eigenvalue weighted by Gasteiger charge is -2.29. The number of benzene rings is 1. The summed E-state index contributed by atoms with van der Waals surface area (Å²) in [6.07, 6.45) is 3.07. The Morgan fingerprint density at radius 2 is 2.00 bits per heavy atom. The highest BCUT2D eigenvalue weighted by Crippen LogP contribution is 2.30. The third-order valence-corrected chi connectivity index (χ3v) is 4.97. The van der Waals surface area contributed by atoms with Crippen molar-refractivity contribution in [1.29, 1.82) is 0 Å². The number of hydrogen-bond acceptors (Lipinski definition) is 5. The number of carbonyl (C=O) groups excluding carboxylic acids is 2. The number of nitrogens with zero attached hydrogens (tertiary/aromatic N) is 2. The van der Waals surface area contributed by atoms with E-state index < -0.39 is 0 Å². The van der Waals surface area contributed by atoms with E-state index in [1.165, 1.54) is 13.2 Å². The Morgan fingerprint density at radius 1 is 1.24 bits per heavy atom. The minimum absolute atomic E-state index is 0.171. The van der Waals surface area contributed by atoms with Gasteiger partial charge in [-0.25, -0.2) is 4.98 Å². The summed E-state index contributed by atoms with van der Waals surface area (Å²) in [6, 6.07) is 10.9. The van der Waals surface area contributed by atoms with E-state index in [0.717, 1.165) is 31.5 Å². The summed E-state index contributed by atoms with van der Waals surface area (Å²) in [4.78, 5) is 31.1. The first-order chi connectivity index (χ1) is 14.0. The number of hydrogen-bond donors (Lipinski definition) is 2. The molecule has 2 amide bonds. The zero-order chi connectivity index (χ0) is 20.8. The number of amides is 2. The highest BCUT2D eigenvalue weighted by atomic mass is 16.5. The van der Waals surface area contributed by atoms with Gasteiger partial charge >= 0.3 is 0 Å². The smallest absolute Gasteiger partial charge is 0.270 e. The van der Waals surface area contributed by atoms with Crippen LogP contribution in [-0.2, 0) is 4.79 Å². The second-order valence-corrected chi connectivity index (χ2v) is 7.07. The molecule has 1 aliphatic heterocycles. The molecule has 1 aromatic carbocycles. The van der Waals surface area contributed by atoms with Crippen molar-refractivity contribution in [1.82, 2.24) is 15.2 Å². The van der Waals surface area contributed by atoms with E-state index in [1.54, 1.807) is 24.3 Å². The topological polar surface area (TPSA) is 83.6 Å². The molecule has 3 rings (SSSR count). The number of anilines is 1. The summed E-state index contributed by atoms with van der Waals surface area (Å²) in [7, 11) is 3.62. The number of pyridine rings is 1. The Hall–Kier alpha value is -3.19. The zero-order valence-corrected chi connectivity index (χ0v) is 16.8. The quantitative estimate of drug-likeness (QED) is 0.736. The molecule has 0 saturated carbocycles. The summed E-state index contributed by atoms with van der Waals surface area (Å²) in [5.41, 5.74) is 2.28. The van der Waals surface area contributed by atoms with Crippen LogP contribution < -0.4 is 15.4 Å². The van der Waals surface area contributed by atoms with E-state index in [1.807, 2.05) is 12.1 Å². The van der Waals surface area contributed by atoms with E-state index in [0.29, 0.717) is 22.8 Å². The minimum Gasteiger partial charge on any atom is -0.495 e. The van der Waals surface area contributed by atoms with Crippen molar-refractivity contribution in [3.63, 3.8) is 0 Å². The number of ether oxygens (including phenoxy) is 1. The van der Waals surface area contributed by atoms with E-state index in [-0.39, 0.29) is 17.9 Å². The second kappa shape index (κ2) is 9.34. The van der Waals surface area contributed by atoms with Gasteiger partial charge < -0.3 is 20.3 Å². The number of carbonyl (C=O) groups is 2. The lowest BCUT2D eigenvalue weighted by molar-refractivity contribution is -0.111. The number of methoxy groups -OCH3 is 1. The lowest BCUT2D eigenvalue weighted by atomic mass is 10.1. The van der Waals surface area contributed by atoms with Crippen LogP contribution in [0, 0.1) is 0 Å². The van der Waals surface area contributed by atoms with Crippen LogP contribution >= 0.6 is 0 Å². The number of piperidine rings is 1. The van der Waals surface area contributed by atoms with Gasteiger partial charge in [-0.1, -0.05) is 12.6 Å². The van der Waals surface area contributed by atoms with Gasteiger partial charge in [0.2, 0.25) is 5.91 Å². The maximum absolute atomic E-state index is 12.7. The fourth-order valence-corrected chi connectivity index (χ4v) is 3.28. The Labute approximate surface area is 170 Å². The molecule has 7 heteroatoms. The molecule has 0 bridgehead atoms. The van der Waals surface area contributed by atoms with Gasteiger partial charge in [0.05, 0.1) is 18.5 Å². The molecule has 0 radical (unpaired) electrons. The standard InChI is InChI=1S/C22H26N4O3/c1-4-21(27)25-19-14-15(8-9-20(19)29-3)17-6-5-7-18(24-17)22(28)23-16-10-12-26(2)13-11-16/h4-9,14,16H,1,10-13H2,2-3H3,(H,23,28)(H,25,27). The molecular weight excluding hydrogens is 368 g/mol. The van der Waals surface area contributed by atoms with Gasteiger partial charge in [-0.2, -0.15) is 0 Å². The number of aromatic nitrogens is 1. The van der Waals surface area contributed by atoms with Crippen molar-refractivity contribution in [2.75, 3.05) is 32.6 Å². The van der Waals surface area contributed by atoms with Crippen molar-refractivity contribution in [2.24, 2.45) is 0 Å². The van der Waals surface area contributed by atoms with Gasteiger partial charge in [0.15, 0.2) is 0 Å². The first-order valence-corrected chi connectivity index (χ1v) is 9.58. The number of rotatable bonds is 6. The molecule has 1 fully saturated rings. The normalized spacial score (nSPS) is 14.8. The summed E-state index contributed by atoms with van der Waals surface area (Å²) in [5.74, 6) is 0.0230. The average Bonchev–Trinajstić information content (AvgIpc) is 2.75. The third-order valence-electron chi connectivity index (χ3n) is 4.97. The second-order valence-electron chi connectivity index (χ2n) is 7.07. The highest BCUT2D eigenvalue weighted by Gasteiger charge is 2.20. The Morgan fingerprint density at radius 3 is 2.69 bits per heavy atom. The summed E-state index contributed by atoms with van der Waals surface area (Å²) in [5, 5.41) is 5.80. The first kappa shape index (κ1) is 20.5. The molecule has 1 aromatic heterocycles. The van der Waals surface area contributed by atoms with Gasteiger partial charge in [0.25, 0.3) is 5.91 Å². The van der Waals surface area contributed by atoms with E-state index >= 15 is 0 Å². The van der Waals surface area contributed by atoms with Crippen molar-refractivity contribution < 1.29 is 14.3 Å². The van der Waals surface area contributed by atoms with E-state index in [2.05, 4.69) is 34.1 Å². The molecule has 0 atom stereocenters. The van der Waals surface area contributed by atoms with Crippen LogP contribution in [0.5, 0.6) is 5.75 Å². The minimum atomic E-state index is -0.334. The highest BCUT2D eigenvalue weighted by molar-refractivity contribution is 6.00. The monoisotopic (exact) mass is 394 g/mol. The molecule has 1 saturated heterocycles. The van der Waals surface area contributed by atoms with Crippen LogP contribution in [0.2, 0.25) is 0 Å². The van der Waals surface area contributed by atoms with Gasteiger partial charge in [0.1, 0.15) is 11.4 Å². The zero-order valence-electron chi connectivity index (χ0n) is 16.8. The van der Waals surface area contributed by atoms with Crippen LogP contribution in [0.25, 0.3) is 11.3 Å². The maximum atomic E-state index is 12.7. The Bertz CT molecular complexity index is 905. The molecule has 0 unspecified atom stereocenters. The largest absolute Gasteiger partial charge is 0.495 e. The van der Waals surface area contributed by atoms with Gasteiger partial charge in [-0.05, 0) is 69.4 Å². The number of nitrogens with one attached hydrogen (secondary N) is 2. The molecule has 2 aromatic rings. The number of likely N-dealkylation sites (tertiary alicyclic amines) is 1. The van der Waals surface area contributed by atoms with Gasteiger partial charge in [-0.3, -0.25) is 9.59 Å². The van der Waals surface area contributed by atoms with Gasteiger partial charge in [-0.15, -0.1) is 0 Å². The molecule has 2 heterocycles. The van der Waals surface area contributed by atoms with E-state index in [9.17, 15) is 9.59 Å². The molecule has 29 heavy (non-hydrogen) atoms. The van der Waals surface area contributed by atoms with Crippen LogP contribution in [0.15, 0.2) is 49.1 Å². The summed E-state index contributed by atoms with van der Waals surface area (Å²) >= 11 is 0. The molecular formula is C22H26N4O3. The lowest BCUT2D eigenvalue weighted by Crippen LogP contribution is -2.43. The van der Waals surface area contributed by atoms with Crippen molar-refractivity contribution in [2.45, 2.75) is 18.9 Å². The van der Waals surface area contributed by atoms with Crippen molar-refractivity contribution in [3.8, 4) is 17.0 Å². The molecule has 152 valence electrons. The van der Waals surface area contributed by atoms with Crippen molar-refractivity contribution in [3.05, 3.63) is 54.7 Å². The maximum Gasteiger partial charge on any atom is 0.270 e. The molecule has 1 aliphatic rings. The predicted octanol–water partition coefficient (Wildman–Crippen LogP) is 2.71. The van der Waals surface area contributed by atoms with Crippen LogP contribution in [0.4, 0.5) is 5.69 Å². The van der Waals surface area contributed by atoms with E-state index in [4.69, 9.17) is 4.74 Å². The van der Waals surface area contributed by atoms with Crippen LogP contribution in [0.1, 0.15) is 23.3 Å². The fraction of sp³-hybridized carbons (Fsp3) is 0.318. The van der Waals surface area contributed by atoms with Crippen molar-refractivity contribution >= 4 is 17.5 Å². The Kier molecular flexibility index (Phi) is 6.61. The molecule has 0 aliphatic carbocycles. The summed E-state index contributed by atoms with van der Waals surface area (Å²) in [6.45, 7) is 5.41. The van der Waals surface area contributed by atoms with Crippen LogP contribution in [0.3, 0.4) is 0 Å². The molecule has 2 N–H and O–H groups in total. The Balaban J connectivity index is 1.79. The molecule has 7 nitrogen and oxygen atoms in total.